The summed E-state index contributed by atoms with van der Waals surface area (Å²) in [7, 11) is 0. The first-order valence-electron chi connectivity index (χ1n) is 6.07. The summed E-state index contributed by atoms with van der Waals surface area (Å²) in [6.45, 7) is 2.78. The van der Waals surface area contributed by atoms with Crippen LogP contribution < -0.4 is 5.32 Å². The Kier molecular flexibility index (Phi) is 3.23. The molecule has 0 aliphatic carbocycles. The first-order valence-corrected chi connectivity index (χ1v) is 6.44. The van der Waals surface area contributed by atoms with Gasteiger partial charge in [0.15, 0.2) is 17.0 Å². The minimum Gasteiger partial charge on any atom is -0.338 e. The summed E-state index contributed by atoms with van der Waals surface area (Å²) in [5, 5.41) is 3.13. The lowest BCUT2D eigenvalue weighted by Gasteiger charge is -2.06. The highest BCUT2D eigenvalue weighted by molar-refractivity contribution is 6.31. The summed E-state index contributed by atoms with van der Waals surface area (Å²) in [6, 6.07) is 4.39. The van der Waals surface area contributed by atoms with Crippen molar-refractivity contribution in [1.82, 2.24) is 19.5 Å². The van der Waals surface area contributed by atoms with Crippen LogP contribution in [0.1, 0.15) is 6.92 Å². The second-order valence-corrected chi connectivity index (χ2v) is 4.59. The monoisotopic (exact) mass is 291 g/mol. The molecule has 3 rings (SSSR count). The number of hydrogen-bond acceptors (Lipinski definition) is 4. The van der Waals surface area contributed by atoms with Gasteiger partial charge in [0.25, 0.3) is 0 Å². The number of aryl methyl sites for hydroxylation is 1. The standard InChI is InChI=1S/C13H11ClFN5/c1-2-20-7-18-11-12(16-6-17-13(11)20)19-8-3-4-10(15)9(14)5-8/h3-7H,2H2,1H3,(H,16,17,19). The van der Waals surface area contributed by atoms with E-state index in [0.717, 1.165) is 12.2 Å². The van der Waals surface area contributed by atoms with Crippen molar-refractivity contribution in [3.05, 3.63) is 41.7 Å². The van der Waals surface area contributed by atoms with E-state index in [1.54, 1.807) is 12.4 Å². The number of benzene rings is 1. The van der Waals surface area contributed by atoms with Crippen molar-refractivity contribution >= 4 is 34.3 Å². The predicted molar refractivity (Wildman–Crippen MR) is 75.7 cm³/mol. The van der Waals surface area contributed by atoms with Crippen molar-refractivity contribution in [2.24, 2.45) is 0 Å². The topological polar surface area (TPSA) is 55.6 Å². The van der Waals surface area contributed by atoms with Crippen LogP contribution >= 0.6 is 11.6 Å². The molecule has 1 aromatic carbocycles. The van der Waals surface area contributed by atoms with Crippen molar-refractivity contribution in [2.75, 3.05) is 5.32 Å². The molecule has 20 heavy (non-hydrogen) atoms. The molecule has 7 heteroatoms. The SMILES string of the molecule is CCn1cnc2c(Nc3ccc(F)c(Cl)c3)ncnc21. The normalized spacial score (nSPS) is 10.9. The fourth-order valence-electron chi connectivity index (χ4n) is 1.91. The summed E-state index contributed by atoms with van der Waals surface area (Å²) in [6.07, 6.45) is 3.17. The van der Waals surface area contributed by atoms with Crippen LogP contribution in [0.5, 0.6) is 0 Å². The zero-order chi connectivity index (χ0) is 14.1. The second-order valence-electron chi connectivity index (χ2n) is 4.18. The molecule has 0 spiro atoms. The van der Waals surface area contributed by atoms with Gasteiger partial charge in [-0.1, -0.05) is 11.6 Å². The molecule has 0 radical (unpaired) electrons. The Hall–Kier alpha value is -2.21. The van der Waals surface area contributed by atoms with E-state index in [-0.39, 0.29) is 5.02 Å². The maximum atomic E-state index is 13.1. The zero-order valence-electron chi connectivity index (χ0n) is 10.6. The fraction of sp³-hybridized carbons (Fsp3) is 0.154. The van der Waals surface area contributed by atoms with Crippen molar-refractivity contribution in [2.45, 2.75) is 13.5 Å². The zero-order valence-corrected chi connectivity index (χ0v) is 11.4. The molecule has 5 nitrogen and oxygen atoms in total. The third-order valence-electron chi connectivity index (χ3n) is 2.92. The fourth-order valence-corrected chi connectivity index (χ4v) is 2.09. The molecular formula is C13H11ClFN5. The molecule has 0 aliphatic rings. The van der Waals surface area contributed by atoms with E-state index < -0.39 is 5.82 Å². The molecule has 0 fully saturated rings. The number of fused-ring (bicyclic) bond motifs is 1. The van der Waals surface area contributed by atoms with E-state index in [1.807, 2.05) is 11.5 Å². The number of nitrogens with zero attached hydrogens (tertiary/aromatic N) is 4. The second kappa shape index (κ2) is 5.05. The Bertz CT molecular complexity index is 771. The maximum absolute atomic E-state index is 13.1. The van der Waals surface area contributed by atoms with Gasteiger partial charge in [0.05, 0.1) is 11.3 Å². The van der Waals surface area contributed by atoms with Crippen LogP contribution in [0.3, 0.4) is 0 Å². The highest BCUT2D eigenvalue weighted by atomic mass is 35.5. The molecule has 0 amide bonds. The molecule has 0 aliphatic heterocycles. The minimum absolute atomic E-state index is 0.0550. The first-order chi connectivity index (χ1) is 9.69. The number of anilines is 2. The van der Waals surface area contributed by atoms with E-state index in [2.05, 4.69) is 20.3 Å². The van der Waals surface area contributed by atoms with Crippen LogP contribution in [0.25, 0.3) is 11.2 Å². The van der Waals surface area contributed by atoms with Gasteiger partial charge in [-0.15, -0.1) is 0 Å². The van der Waals surface area contributed by atoms with Gasteiger partial charge < -0.3 is 9.88 Å². The Morgan fingerprint density at radius 2 is 2.15 bits per heavy atom. The van der Waals surface area contributed by atoms with Crippen LogP contribution in [-0.2, 0) is 6.54 Å². The molecule has 2 aromatic heterocycles. The molecule has 0 atom stereocenters. The Morgan fingerprint density at radius 1 is 1.30 bits per heavy atom. The quantitative estimate of drug-likeness (QED) is 0.804. The smallest absolute Gasteiger partial charge is 0.165 e. The lowest BCUT2D eigenvalue weighted by molar-refractivity contribution is 0.628. The van der Waals surface area contributed by atoms with E-state index in [9.17, 15) is 4.39 Å². The molecule has 0 saturated heterocycles. The number of hydrogen-bond donors (Lipinski definition) is 1. The van der Waals surface area contributed by atoms with Crippen molar-refractivity contribution < 1.29 is 4.39 Å². The van der Waals surface area contributed by atoms with E-state index in [0.29, 0.717) is 17.0 Å². The molecule has 3 aromatic rings. The average molecular weight is 292 g/mol. The minimum atomic E-state index is -0.458. The van der Waals surface area contributed by atoms with Crippen molar-refractivity contribution in [1.29, 1.82) is 0 Å². The number of imidazole rings is 1. The predicted octanol–water partition coefficient (Wildman–Crippen LogP) is 3.38. The van der Waals surface area contributed by atoms with Crippen LogP contribution in [-0.4, -0.2) is 19.5 Å². The average Bonchev–Trinajstić information content (AvgIpc) is 2.87. The van der Waals surface area contributed by atoms with E-state index >= 15 is 0 Å². The van der Waals surface area contributed by atoms with Crippen molar-refractivity contribution in [3.63, 3.8) is 0 Å². The maximum Gasteiger partial charge on any atom is 0.165 e. The van der Waals surface area contributed by atoms with Gasteiger partial charge in [-0.3, -0.25) is 0 Å². The van der Waals surface area contributed by atoms with E-state index in [1.165, 1.54) is 18.5 Å². The summed E-state index contributed by atoms with van der Waals surface area (Å²) < 4.78 is 15.1. The first kappa shape index (κ1) is 12.8. The summed E-state index contributed by atoms with van der Waals surface area (Å²) >= 11 is 5.76. The number of rotatable bonds is 3. The Morgan fingerprint density at radius 3 is 2.90 bits per heavy atom. The van der Waals surface area contributed by atoms with Gasteiger partial charge in [0.1, 0.15) is 12.1 Å². The largest absolute Gasteiger partial charge is 0.338 e. The molecule has 0 saturated carbocycles. The van der Waals surface area contributed by atoms with Gasteiger partial charge in [0.2, 0.25) is 0 Å². The van der Waals surface area contributed by atoms with Gasteiger partial charge >= 0.3 is 0 Å². The Balaban J connectivity index is 2.02. The molecule has 102 valence electrons. The molecule has 0 bridgehead atoms. The summed E-state index contributed by atoms with van der Waals surface area (Å²) in [5.74, 6) is 0.102. The van der Waals surface area contributed by atoms with Crippen LogP contribution in [0.2, 0.25) is 5.02 Å². The molecule has 0 unspecified atom stereocenters. The number of nitrogens with one attached hydrogen (secondary N) is 1. The molecular weight excluding hydrogens is 281 g/mol. The van der Waals surface area contributed by atoms with Crippen LogP contribution in [0.15, 0.2) is 30.9 Å². The third-order valence-corrected chi connectivity index (χ3v) is 3.21. The van der Waals surface area contributed by atoms with Crippen LogP contribution in [0.4, 0.5) is 15.9 Å². The van der Waals surface area contributed by atoms with Crippen molar-refractivity contribution in [3.8, 4) is 0 Å². The van der Waals surface area contributed by atoms with Crippen LogP contribution in [0, 0.1) is 5.82 Å². The van der Waals surface area contributed by atoms with Gasteiger partial charge in [-0.25, -0.2) is 19.3 Å². The molecule has 1 N–H and O–H groups in total. The highest BCUT2D eigenvalue weighted by Gasteiger charge is 2.10. The lowest BCUT2D eigenvalue weighted by atomic mass is 10.3. The number of halogens is 2. The summed E-state index contributed by atoms with van der Waals surface area (Å²) in [4.78, 5) is 12.7. The summed E-state index contributed by atoms with van der Waals surface area (Å²) in [5.41, 5.74) is 2.05. The molecule has 2 heterocycles. The van der Waals surface area contributed by atoms with Gasteiger partial charge in [-0.05, 0) is 25.1 Å². The lowest BCUT2D eigenvalue weighted by Crippen LogP contribution is -1.98. The van der Waals surface area contributed by atoms with Gasteiger partial charge in [0, 0.05) is 12.2 Å². The number of aromatic nitrogens is 4. The Labute approximate surface area is 119 Å². The third kappa shape index (κ3) is 2.18. The van der Waals surface area contributed by atoms with Gasteiger partial charge in [-0.2, -0.15) is 0 Å². The highest BCUT2D eigenvalue weighted by Crippen LogP contribution is 2.24. The van der Waals surface area contributed by atoms with E-state index in [4.69, 9.17) is 11.6 Å².